The molecule has 0 aliphatic carbocycles. The van der Waals surface area contributed by atoms with Crippen molar-refractivity contribution in [1.29, 1.82) is 0 Å². The summed E-state index contributed by atoms with van der Waals surface area (Å²) in [5.41, 5.74) is 3.19. The number of rotatable bonds is 5. The topological polar surface area (TPSA) is 41.1 Å². The Hall–Kier alpha value is -2.59. The Kier molecular flexibility index (Phi) is 4.96. The molecular formula is C19H19ClN4. The molecule has 0 unspecified atom stereocenters. The van der Waals surface area contributed by atoms with E-state index < -0.39 is 0 Å². The molecule has 0 fully saturated rings. The van der Waals surface area contributed by atoms with Crippen LogP contribution in [0.5, 0.6) is 0 Å². The number of nitrogens with one attached hydrogen (secondary N) is 1. The quantitative estimate of drug-likeness (QED) is 0.681. The van der Waals surface area contributed by atoms with E-state index in [1.165, 1.54) is 5.56 Å². The number of halogens is 1. The SMILES string of the molecule is CCN(c1cccc(C)c1)c1ccnc(Nc2cccc(Cl)c2)n1. The maximum Gasteiger partial charge on any atom is 0.229 e. The Morgan fingerprint density at radius 2 is 1.92 bits per heavy atom. The van der Waals surface area contributed by atoms with Crippen molar-refractivity contribution in [1.82, 2.24) is 9.97 Å². The summed E-state index contributed by atoms with van der Waals surface area (Å²) in [6, 6.07) is 17.8. The molecular weight excluding hydrogens is 320 g/mol. The zero-order valence-corrected chi connectivity index (χ0v) is 14.5. The largest absolute Gasteiger partial charge is 0.326 e. The Morgan fingerprint density at radius 1 is 1.08 bits per heavy atom. The Balaban J connectivity index is 1.88. The van der Waals surface area contributed by atoms with Crippen molar-refractivity contribution in [3.8, 4) is 0 Å². The maximum absolute atomic E-state index is 6.02. The molecule has 1 aromatic heterocycles. The molecule has 0 atom stereocenters. The van der Waals surface area contributed by atoms with Crippen LogP contribution in [0.15, 0.2) is 60.8 Å². The van der Waals surface area contributed by atoms with Crippen molar-refractivity contribution < 1.29 is 0 Å². The zero-order valence-electron chi connectivity index (χ0n) is 13.7. The van der Waals surface area contributed by atoms with Crippen LogP contribution in [0.25, 0.3) is 0 Å². The predicted molar refractivity (Wildman–Crippen MR) is 101 cm³/mol. The van der Waals surface area contributed by atoms with E-state index in [2.05, 4.69) is 58.3 Å². The lowest BCUT2D eigenvalue weighted by Crippen LogP contribution is -2.18. The second kappa shape index (κ2) is 7.32. The second-order valence-corrected chi connectivity index (χ2v) is 5.89. The highest BCUT2D eigenvalue weighted by Gasteiger charge is 2.10. The summed E-state index contributed by atoms with van der Waals surface area (Å²) in [6.45, 7) is 5.01. The molecule has 122 valence electrons. The molecule has 0 amide bonds. The smallest absolute Gasteiger partial charge is 0.229 e. The zero-order chi connectivity index (χ0) is 16.9. The summed E-state index contributed by atoms with van der Waals surface area (Å²) in [5.74, 6) is 1.39. The first-order valence-corrected chi connectivity index (χ1v) is 8.23. The monoisotopic (exact) mass is 338 g/mol. The molecule has 0 aliphatic heterocycles. The van der Waals surface area contributed by atoms with Gasteiger partial charge in [0, 0.05) is 29.1 Å². The van der Waals surface area contributed by atoms with Gasteiger partial charge in [0.25, 0.3) is 0 Å². The average Bonchev–Trinajstić information content (AvgIpc) is 2.56. The summed E-state index contributed by atoms with van der Waals surface area (Å²) in [4.78, 5) is 11.1. The molecule has 5 heteroatoms. The van der Waals surface area contributed by atoms with Crippen LogP contribution in [0, 0.1) is 6.92 Å². The molecule has 0 radical (unpaired) electrons. The molecule has 1 heterocycles. The summed E-state index contributed by atoms with van der Waals surface area (Å²) in [6.07, 6.45) is 1.76. The Morgan fingerprint density at radius 3 is 2.67 bits per heavy atom. The van der Waals surface area contributed by atoms with Crippen LogP contribution in [0.2, 0.25) is 5.02 Å². The van der Waals surface area contributed by atoms with E-state index in [0.29, 0.717) is 11.0 Å². The van der Waals surface area contributed by atoms with E-state index in [1.807, 2.05) is 30.3 Å². The summed E-state index contributed by atoms with van der Waals surface area (Å²) in [7, 11) is 0. The number of aromatic nitrogens is 2. The first-order valence-electron chi connectivity index (χ1n) is 7.85. The van der Waals surface area contributed by atoms with Crippen molar-refractivity contribution in [2.75, 3.05) is 16.8 Å². The van der Waals surface area contributed by atoms with Crippen LogP contribution in [-0.2, 0) is 0 Å². The summed E-state index contributed by atoms with van der Waals surface area (Å²) in [5, 5.41) is 3.87. The highest BCUT2D eigenvalue weighted by molar-refractivity contribution is 6.30. The molecule has 24 heavy (non-hydrogen) atoms. The number of nitrogens with zero attached hydrogens (tertiary/aromatic N) is 3. The van der Waals surface area contributed by atoms with Gasteiger partial charge in [-0.15, -0.1) is 0 Å². The van der Waals surface area contributed by atoms with Gasteiger partial charge in [0.2, 0.25) is 5.95 Å². The molecule has 0 saturated heterocycles. The van der Waals surface area contributed by atoms with E-state index in [9.17, 15) is 0 Å². The molecule has 1 N–H and O–H groups in total. The van der Waals surface area contributed by atoms with Crippen molar-refractivity contribution in [3.05, 3.63) is 71.4 Å². The number of anilines is 4. The van der Waals surface area contributed by atoms with E-state index in [1.54, 1.807) is 6.20 Å². The third-order valence-electron chi connectivity index (χ3n) is 3.63. The van der Waals surface area contributed by atoms with E-state index >= 15 is 0 Å². The van der Waals surface area contributed by atoms with Gasteiger partial charge in [0.15, 0.2) is 0 Å². The minimum atomic E-state index is 0.542. The van der Waals surface area contributed by atoms with Gasteiger partial charge in [-0.25, -0.2) is 4.98 Å². The van der Waals surface area contributed by atoms with Crippen LogP contribution >= 0.6 is 11.6 Å². The van der Waals surface area contributed by atoms with Crippen molar-refractivity contribution in [3.63, 3.8) is 0 Å². The van der Waals surface area contributed by atoms with E-state index in [-0.39, 0.29) is 0 Å². The van der Waals surface area contributed by atoms with Gasteiger partial charge in [0.1, 0.15) is 5.82 Å². The Labute approximate surface area is 147 Å². The lowest BCUT2D eigenvalue weighted by Gasteiger charge is -2.22. The third-order valence-corrected chi connectivity index (χ3v) is 3.86. The van der Waals surface area contributed by atoms with Crippen LogP contribution in [0.1, 0.15) is 12.5 Å². The van der Waals surface area contributed by atoms with Crippen molar-refractivity contribution >= 4 is 34.7 Å². The molecule has 0 aliphatic rings. The maximum atomic E-state index is 6.02. The van der Waals surface area contributed by atoms with Gasteiger partial charge < -0.3 is 10.2 Å². The summed E-state index contributed by atoms with van der Waals surface area (Å²) >= 11 is 6.02. The fraction of sp³-hybridized carbons (Fsp3) is 0.158. The molecule has 0 spiro atoms. The van der Waals surface area contributed by atoms with Gasteiger partial charge in [-0.2, -0.15) is 4.98 Å². The molecule has 4 nitrogen and oxygen atoms in total. The number of aryl methyl sites for hydroxylation is 1. The number of benzene rings is 2. The van der Waals surface area contributed by atoms with Crippen LogP contribution < -0.4 is 10.2 Å². The first kappa shape index (κ1) is 16.3. The number of hydrogen-bond acceptors (Lipinski definition) is 4. The van der Waals surface area contributed by atoms with Crippen LogP contribution in [-0.4, -0.2) is 16.5 Å². The molecule has 3 rings (SSSR count). The second-order valence-electron chi connectivity index (χ2n) is 5.46. The average molecular weight is 339 g/mol. The van der Waals surface area contributed by atoms with Crippen molar-refractivity contribution in [2.24, 2.45) is 0 Å². The Bertz CT molecular complexity index is 835. The number of hydrogen-bond donors (Lipinski definition) is 1. The van der Waals surface area contributed by atoms with Crippen LogP contribution in [0.4, 0.5) is 23.1 Å². The van der Waals surface area contributed by atoms with E-state index in [4.69, 9.17) is 11.6 Å². The lowest BCUT2D eigenvalue weighted by molar-refractivity contribution is 0.977. The minimum Gasteiger partial charge on any atom is -0.326 e. The van der Waals surface area contributed by atoms with Gasteiger partial charge in [-0.05, 0) is 55.8 Å². The highest BCUT2D eigenvalue weighted by atomic mass is 35.5. The molecule has 3 aromatic rings. The van der Waals surface area contributed by atoms with E-state index in [0.717, 1.165) is 23.7 Å². The van der Waals surface area contributed by atoms with Gasteiger partial charge >= 0.3 is 0 Å². The standard InChI is InChI=1S/C19H19ClN4/c1-3-24(17-9-4-6-14(2)12-17)18-10-11-21-19(23-18)22-16-8-5-7-15(20)13-16/h4-13H,3H2,1-2H3,(H,21,22,23). The van der Waals surface area contributed by atoms with Crippen molar-refractivity contribution in [2.45, 2.75) is 13.8 Å². The third kappa shape index (κ3) is 3.84. The lowest BCUT2D eigenvalue weighted by atomic mass is 10.2. The molecule has 0 bridgehead atoms. The molecule has 2 aromatic carbocycles. The van der Waals surface area contributed by atoms with Gasteiger partial charge in [0.05, 0.1) is 0 Å². The highest BCUT2D eigenvalue weighted by Crippen LogP contribution is 2.25. The predicted octanol–water partition coefficient (Wildman–Crippen LogP) is 5.34. The van der Waals surface area contributed by atoms with Gasteiger partial charge in [-0.1, -0.05) is 29.8 Å². The van der Waals surface area contributed by atoms with Gasteiger partial charge in [-0.3, -0.25) is 0 Å². The fourth-order valence-electron chi connectivity index (χ4n) is 2.53. The van der Waals surface area contributed by atoms with Crippen LogP contribution in [0.3, 0.4) is 0 Å². The normalized spacial score (nSPS) is 10.5. The fourth-order valence-corrected chi connectivity index (χ4v) is 2.72. The first-order chi connectivity index (χ1) is 11.7. The minimum absolute atomic E-state index is 0.542. The summed E-state index contributed by atoms with van der Waals surface area (Å²) < 4.78 is 0. The molecule has 0 saturated carbocycles.